The van der Waals surface area contributed by atoms with E-state index in [4.69, 9.17) is 9.84 Å². The maximum absolute atomic E-state index is 13.5. The van der Waals surface area contributed by atoms with E-state index in [9.17, 15) is 14.0 Å². The number of benzene rings is 1. The van der Waals surface area contributed by atoms with Gasteiger partial charge in [-0.25, -0.2) is 4.39 Å². The van der Waals surface area contributed by atoms with E-state index in [0.717, 1.165) is 6.42 Å². The molecule has 2 N–H and O–H groups in total. The van der Waals surface area contributed by atoms with E-state index in [0.29, 0.717) is 12.8 Å². The van der Waals surface area contributed by atoms with Gasteiger partial charge in [0.15, 0.2) is 17.7 Å². The van der Waals surface area contributed by atoms with Crippen LogP contribution in [0.2, 0.25) is 0 Å². The Morgan fingerprint density at radius 2 is 2.10 bits per heavy atom. The smallest absolute Gasteiger partial charge is 0.308 e. The molecule has 21 heavy (non-hydrogen) atoms. The minimum Gasteiger partial charge on any atom is -0.481 e. The molecule has 0 aromatic heterocycles. The molecule has 5 nitrogen and oxygen atoms in total. The third-order valence-electron chi connectivity index (χ3n) is 3.67. The summed E-state index contributed by atoms with van der Waals surface area (Å²) in [5, 5.41) is 11.8. The third kappa shape index (κ3) is 3.71. The highest BCUT2D eigenvalue weighted by Crippen LogP contribution is 2.26. The number of halogens is 1. The first kappa shape index (κ1) is 15.3. The van der Waals surface area contributed by atoms with Crippen molar-refractivity contribution >= 4 is 11.9 Å². The average Bonchev–Trinajstić information content (AvgIpc) is 2.89. The van der Waals surface area contributed by atoms with Crippen molar-refractivity contribution in [3.63, 3.8) is 0 Å². The number of nitrogens with one attached hydrogen (secondary N) is 1. The zero-order chi connectivity index (χ0) is 15.4. The lowest BCUT2D eigenvalue weighted by Gasteiger charge is -2.21. The maximum atomic E-state index is 13.5. The molecular formula is C15H18FNO4. The summed E-state index contributed by atoms with van der Waals surface area (Å²) < 4.78 is 18.7. The highest BCUT2D eigenvalue weighted by atomic mass is 19.1. The van der Waals surface area contributed by atoms with E-state index in [1.165, 1.54) is 25.1 Å². The molecule has 1 unspecified atom stereocenters. The zero-order valence-corrected chi connectivity index (χ0v) is 11.7. The molecule has 0 spiro atoms. The zero-order valence-electron chi connectivity index (χ0n) is 11.7. The van der Waals surface area contributed by atoms with E-state index in [-0.39, 0.29) is 11.8 Å². The van der Waals surface area contributed by atoms with Crippen molar-refractivity contribution in [2.45, 2.75) is 38.3 Å². The van der Waals surface area contributed by atoms with Crippen molar-refractivity contribution < 1.29 is 23.8 Å². The molecule has 1 aromatic carbocycles. The lowest BCUT2D eigenvalue weighted by molar-refractivity contribution is -0.142. The highest BCUT2D eigenvalue weighted by Gasteiger charge is 2.34. The SMILES string of the molecule is CC(Oc1ccccc1F)C(=O)N[C@@H]1CCC[C@@H]1C(=O)O. The summed E-state index contributed by atoms with van der Waals surface area (Å²) in [6.07, 6.45) is 1.07. The van der Waals surface area contributed by atoms with Gasteiger partial charge in [-0.05, 0) is 31.9 Å². The number of carboxylic acid groups (broad SMARTS) is 1. The molecule has 6 heteroatoms. The molecule has 3 atom stereocenters. The van der Waals surface area contributed by atoms with E-state index < -0.39 is 29.7 Å². The van der Waals surface area contributed by atoms with Crippen LogP contribution >= 0.6 is 0 Å². The van der Waals surface area contributed by atoms with Crippen LogP contribution in [0.3, 0.4) is 0 Å². The van der Waals surface area contributed by atoms with Crippen LogP contribution in [0.25, 0.3) is 0 Å². The second kappa shape index (κ2) is 6.56. The number of amides is 1. The lowest BCUT2D eigenvalue weighted by Crippen LogP contribution is -2.45. The van der Waals surface area contributed by atoms with Crippen LogP contribution in [0.4, 0.5) is 4.39 Å². The average molecular weight is 295 g/mol. The van der Waals surface area contributed by atoms with Gasteiger partial charge in [0.1, 0.15) is 0 Å². The first-order chi connectivity index (χ1) is 9.99. The maximum Gasteiger partial charge on any atom is 0.308 e. The van der Waals surface area contributed by atoms with E-state index in [1.807, 2.05) is 0 Å². The molecule has 0 heterocycles. The lowest BCUT2D eigenvalue weighted by atomic mass is 10.0. The quantitative estimate of drug-likeness (QED) is 0.870. The molecule has 0 radical (unpaired) electrons. The number of carboxylic acids is 1. The fourth-order valence-corrected chi connectivity index (χ4v) is 2.51. The van der Waals surface area contributed by atoms with Crippen molar-refractivity contribution in [1.82, 2.24) is 5.32 Å². The molecule has 1 fully saturated rings. The van der Waals surface area contributed by atoms with Crippen molar-refractivity contribution in [3.05, 3.63) is 30.1 Å². The minimum absolute atomic E-state index is 0.00126. The van der Waals surface area contributed by atoms with Gasteiger partial charge in [-0.3, -0.25) is 9.59 Å². The highest BCUT2D eigenvalue weighted by molar-refractivity contribution is 5.82. The Balaban J connectivity index is 1.94. The van der Waals surface area contributed by atoms with Gasteiger partial charge in [0.2, 0.25) is 0 Å². The fourth-order valence-electron chi connectivity index (χ4n) is 2.51. The van der Waals surface area contributed by atoms with E-state index in [1.54, 1.807) is 6.07 Å². The van der Waals surface area contributed by atoms with Gasteiger partial charge in [0.25, 0.3) is 5.91 Å². The first-order valence-corrected chi connectivity index (χ1v) is 6.93. The van der Waals surface area contributed by atoms with Crippen molar-refractivity contribution in [2.24, 2.45) is 5.92 Å². The summed E-state index contributed by atoms with van der Waals surface area (Å²) in [7, 11) is 0. The largest absolute Gasteiger partial charge is 0.481 e. The molecule has 114 valence electrons. The molecule has 0 saturated heterocycles. The number of hydrogen-bond donors (Lipinski definition) is 2. The Hall–Kier alpha value is -2.11. The fraction of sp³-hybridized carbons (Fsp3) is 0.467. The van der Waals surface area contributed by atoms with Crippen molar-refractivity contribution in [2.75, 3.05) is 0 Å². The van der Waals surface area contributed by atoms with E-state index in [2.05, 4.69) is 5.32 Å². The van der Waals surface area contributed by atoms with Crippen LogP contribution in [0.15, 0.2) is 24.3 Å². The van der Waals surface area contributed by atoms with Gasteiger partial charge >= 0.3 is 5.97 Å². The number of carbonyl (C=O) groups is 2. The number of rotatable bonds is 5. The normalized spacial score (nSPS) is 22.6. The predicted octanol–water partition coefficient (Wildman–Crippen LogP) is 1.96. The Morgan fingerprint density at radius 1 is 1.38 bits per heavy atom. The van der Waals surface area contributed by atoms with Gasteiger partial charge in [0, 0.05) is 6.04 Å². The monoisotopic (exact) mass is 295 g/mol. The number of ether oxygens (including phenoxy) is 1. The second-order valence-electron chi connectivity index (χ2n) is 5.18. The third-order valence-corrected chi connectivity index (χ3v) is 3.67. The van der Waals surface area contributed by atoms with Crippen LogP contribution in [0.5, 0.6) is 5.75 Å². The molecule has 0 aliphatic heterocycles. The van der Waals surface area contributed by atoms with Crippen molar-refractivity contribution in [3.8, 4) is 5.75 Å². The van der Waals surface area contributed by atoms with Crippen LogP contribution in [-0.4, -0.2) is 29.1 Å². The first-order valence-electron chi connectivity index (χ1n) is 6.93. The van der Waals surface area contributed by atoms with Crippen LogP contribution in [0, 0.1) is 11.7 Å². The molecule has 1 aliphatic carbocycles. The number of aliphatic carboxylic acids is 1. The van der Waals surface area contributed by atoms with Gasteiger partial charge in [-0.15, -0.1) is 0 Å². The minimum atomic E-state index is -0.902. The van der Waals surface area contributed by atoms with Gasteiger partial charge in [-0.1, -0.05) is 18.6 Å². The standard InChI is InChI=1S/C15H18FNO4/c1-9(21-13-8-3-2-6-11(13)16)14(18)17-12-7-4-5-10(12)15(19)20/h2-3,6,8-10,12H,4-5,7H2,1H3,(H,17,18)(H,19,20)/t9?,10-,12+/m0/s1. The van der Waals surface area contributed by atoms with Gasteiger partial charge in [0.05, 0.1) is 5.92 Å². The summed E-state index contributed by atoms with van der Waals surface area (Å²) in [6.45, 7) is 1.51. The van der Waals surface area contributed by atoms with Crippen LogP contribution in [0.1, 0.15) is 26.2 Å². The van der Waals surface area contributed by atoms with Gasteiger partial charge in [-0.2, -0.15) is 0 Å². The molecule has 1 amide bonds. The second-order valence-corrected chi connectivity index (χ2v) is 5.18. The summed E-state index contributed by atoms with van der Waals surface area (Å²) in [6, 6.07) is 5.44. The molecule has 1 aromatic rings. The Labute approximate surface area is 122 Å². The number of carbonyl (C=O) groups excluding carboxylic acids is 1. The summed E-state index contributed by atoms with van der Waals surface area (Å²) in [5.41, 5.74) is 0. The molecule has 0 bridgehead atoms. The molecular weight excluding hydrogens is 277 g/mol. The summed E-state index contributed by atoms with van der Waals surface area (Å²) >= 11 is 0. The Bertz CT molecular complexity index is 534. The summed E-state index contributed by atoms with van der Waals surface area (Å²) in [4.78, 5) is 23.1. The Kier molecular flexibility index (Phi) is 4.77. The summed E-state index contributed by atoms with van der Waals surface area (Å²) in [5.74, 6) is -2.44. The van der Waals surface area contributed by atoms with E-state index >= 15 is 0 Å². The molecule has 2 rings (SSSR count). The topological polar surface area (TPSA) is 75.6 Å². The molecule has 1 aliphatic rings. The van der Waals surface area contributed by atoms with Gasteiger partial charge < -0.3 is 15.2 Å². The van der Waals surface area contributed by atoms with Crippen molar-refractivity contribution in [1.29, 1.82) is 0 Å². The van der Waals surface area contributed by atoms with Crippen LogP contribution in [-0.2, 0) is 9.59 Å². The number of para-hydroxylation sites is 1. The molecule has 1 saturated carbocycles. The predicted molar refractivity (Wildman–Crippen MR) is 73.4 cm³/mol. The Morgan fingerprint density at radius 3 is 2.76 bits per heavy atom. The number of hydrogen-bond acceptors (Lipinski definition) is 3. The van der Waals surface area contributed by atoms with Crippen LogP contribution < -0.4 is 10.1 Å².